The van der Waals surface area contributed by atoms with Gasteiger partial charge in [-0.25, -0.2) is 4.79 Å². The summed E-state index contributed by atoms with van der Waals surface area (Å²) < 4.78 is 39.9. The molecule has 102 valence electrons. The summed E-state index contributed by atoms with van der Waals surface area (Å²) in [5, 5.41) is 9.22. The fourth-order valence-electron chi connectivity index (χ4n) is 2.26. The molecule has 0 spiro atoms. The molecule has 1 aromatic heterocycles. The molecule has 0 atom stereocenters. The molecule has 1 N–H and O–H groups in total. The third kappa shape index (κ3) is 2.07. The van der Waals surface area contributed by atoms with Crippen molar-refractivity contribution in [3.8, 4) is 0 Å². The van der Waals surface area contributed by atoms with E-state index in [4.69, 9.17) is 5.11 Å². The highest BCUT2D eigenvalue weighted by Gasteiger charge is 2.40. The summed E-state index contributed by atoms with van der Waals surface area (Å²) in [4.78, 5) is 11.2. The highest BCUT2D eigenvalue weighted by atomic mass is 19.4. The average molecular weight is 271 g/mol. The summed E-state index contributed by atoms with van der Waals surface area (Å²) in [6, 6.07) is 4.73. The first-order valence-corrected chi connectivity index (χ1v) is 5.69. The van der Waals surface area contributed by atoms with Crippen molar-refractivity contribution >= 4 is 16.9 Å². The van der Waals surface area contributed by atoms with Crippen LogP contribution in [0.3, 0.4) is 0 Å². The summed E-state index contributed by atoms with van der Waals surface area (Å²) in [7, 11) is 1.23. The van der Waals surface area contributed by atoms with E-state index in [0.717, 1.165) is 10.1 Å². The maximum absolute atomic E-state index is 13.0. The molecule has 0 saturated carbocycles. The molecule has 0 aliphatic rings. The molecule has 0 aliphatic heterocycles. The number of alkyl halides is 3. The molecule has 2 aromatic rings. The fraction of sp³-hybridized carbons (Fsp3) is 0.308. The highest BCUT2D eigenvalue weighted by molar-refractivity contribution is 6.05. The van der Waals surface area contributed by atoms with Crippen LogP contribution in [0, 0.1) is 0 Å². The molecular formula is C13H12F3NO2. The van der Waals surface area contributed by atoms with Crippen molar-refractivity contribution in [3.63, 3.8) is 0 Å². The van der Waals surface area contributed by atoms with E-state index >= 15 is 0 Å². The maximum Gasteiger partial charge on any atom is 0.432 e. The second kappa shape index (κ2) is 4.29. The van der Waals surface area contributed by atoms with Gasteiger partial charge in [0.1, 0.15) is 5.69 Å². The van der Waals surface area contributed by atoms with Gasteiger partial charge in [0.15, 0.2) is 0 Å². The Kier molecular flexibility index (Phi) is 3.04. The molecule has 3 nitrogen and oxygen atoms in total. The van der Waals surface area contributed by atoms with Gasteiger partial charge >= 0.3 is 12.1 Å². The van der Waals surface area contributed by atoms with Crippen molar-refractivity contribution < 1.29 is 23.1 Å². The lowest BCUT2D eigenvalue weighted by Crippen LogP contribution is -2.15. The Balaban J connectivity index is 2.93. The minimum atomic E-state index is -4.70. The maximum atomic E-state index is 13.0. The van der Waals surface area contributed by atoms with Crippen LogP contribution in [0.4, 0.5) is 13.2 Å². The Labute approximate surface area is 107 Å². The minimum Gasteiger partial charge on any atom is -0.478 e. The highest BCUT2D eigenvalue weighted by Crippen LogP contribution is 2.37. The lowest BCUT2D eigenvalue weighted by atomic mass is 10.1. The Morgan fingerprint density at radius 1 is 1.37 bits per heavy atom. The van der Waals surface area contributed by atoms with Crippen LogP contribution < -0.4 is 0 Å². The van der Waals surface area contributed by atoms with E-state index in [9.17, 15) is 18.0 Å². The predicted molar refractivity (Wildman–Crippen MR) is 64.3 cm³/mol. The number of rotatable bonds is 2. The van der Waals surface area contributed by atoms with Gasteiger partial charge in [0.25, 0.3) is 0 Å². The number of carbonyl (C=O) groups is 1. The Bertz CT molecular complexity index is 656. The van der Waals surface area contributed by atoms with Crippen LogP contribution in [0.2, 0.25) is 0 Å². The van der Waals surface area contributed by atoms with Gasteiger partial charge in [-0.2, -0.15) is 13.2 Å². The SMILES string of the molecule is CCc1ccc2c(c1)c(C(=O)O)c(C(F)(F)F)n2C. The van der Waals surface area contributed by atoms with Gasteiger partial charge in [0.2, 0.25) is 0 Å². The van der Waals surface area contributed by atoms with Crippen LogP contribution in [0.1, 0.15) is 28.5 Å². The van der Waals surface area contributed by atoms with Gasteiger partial charge in [-0.1, -0.05) is 13.0 Å². The molecule has 1 aromatic carbocycles. The minimum absolute atomic E-state index is 0.127. The number of aromatic carboxylic acids is 1. The zero-order valence-electron chi connectivity index (χ0n) is 10.4. The second-order valence-electron chi connectivity index (χ2n) is 4.29. The number of hydrogen-bond acceptors (Lipinski definition) is 1. The Morgan fingerprint density at radius 2 is 2.00 bits per heavy atom. The number of hydrogen-bond donors (Lipinski definition) is 1. The van der Waals surface area contributed by atoms with Crippen molar-refractivity contribution in [2.24, 2.45) is 7.05 Å². The number of aryl methyl sites for hydroxylation is 2. The fourth-order valence-corrected chi connectivity index (χ4v) is 2.26. The summed E-state index contributed by atoms with van der Waals surface area (Å²) >= 11 is 0. The molecule has 0 unspecified atom stereocenters. The van der Waals surface area contributed by atoms with Crippen LogP contribution in [0.15, 0.2) is 18.2 Å². The number of nitrogens with zero attached hydrogens (tertiary/aromatic N) is 1. The van der Waals surface area contributed by atoms with E-state index < -0.39 is 23.4 Å². The summed E-state index contributed by atoms with van der Waals surface area (Å²) in [6.45, 7) is 1.86. The van der Waals surface area contributed by atoms with Crippen molar-refractivity contribution in [3.05, 3.63) is 35.0 Å². The molecule has 0 aliphatic carbocycles. The molecule has 0 fully saturated rings. The number of halogens is 3. The van der Waals surface area contributed by atoms with Crippen molar-refractivity contribution in [1.82, 2.24) is 4.57 Å². The first-order valence-electron chi connectivity index (χ1n) is 5.69. The lowest BCUT2D eigenvalue weighted by Gasteiger charge is -2.09. The summed E-state index contributed by atoms with van der Waals surface area (Å²) in [5.74, 6) is -1.56. The van der Waals surface area contributed by atoms with Gasteiger partial charge in [0.05, 0.1) is 5.56 Å². The topological polar surface area (TPSA) is 42.2 Å². The molecule has 0 saturated heterocycles. The third-order valence-corrected chi connectivity index (χ3v) is 3.15. The normalized spacial score (nSPS) is 12.1. The molecule has 19 heavy (non-hydrogen) atoms. The quantitative estimate of drug-likeness (QED) is 0.908. The van der Waals surface area contributed by atoms with E-state index in [1.807, 2.05) is 6.92 Å². The molecule has 1 heterocycles. The second-order valence-corrected chi connectivity index (χ2v) is 4.29. The van der Waals surface area contributed by atoms with Crippen molar-refractivity contribution in [2.45, 2.75) is 19.5 Å². The number of benzene rings is 1. The van der Waals surface area contributed by atoms with Crippen LogP contribution >= 0.6 is 0 Å². The molecule has 2 rings (SSSR count). The van der Waals surface area contributed by atoms with E-state index in [1.165, 1.54) is 19.2 Å². The number of carboxylic acid groups (broad SMARTS) is 1. The lowest BCUT2D eigenvalue weighted by molar-refractivity contribution is -0.143. The predicted octanol–water partition coefficient (Wildman–Crippen LogP) is 3.46. The van der Waals surface area contributed by atoms with Crippen molar-refractivity contribution in [2.75, 3.05) is 0 Å². The zero-order valence-corrected chi connectivity index (χ0v) is 10.4. The van der Waals surface area contributed by atoms with Crippen LogP contribution in [-0.2, 0) is 19.6 Å². The average Bonchev–Trinajstić information content (AvgIpc) is 2.62. The Morgan fingerprint density at radius 3 is 2.47 bits per heavy atom. The van der Waals surface area contributed by atoms with Crippen LogP contribution in [0.5, 0.6) is 0 Å². The van der Waals surface area contributed by atoms with Gasteiger partial charge < -0.3 is 9.67 Å². The molecule has 0 amide bonds. The largest absolute Gasteiger partial charge is 0.478 e. The molecule has 0 bridgehead atoms. The Hall–Kier alpha value is -1.98. The first kappa shape index (κ1) is 13.5. The zero-order chi connectivity index (χ0) is 14.4. The van der Waals surface area contributed by atoms with E-state index in [-0.39, 0.29) is 10.9 Å². The van der Waals surface area contributed by atoms with Crippen LogP contribution in [-0.4, -0.2) is 15.6 Å². The number of fused-ring (bicyclic) bond motifs is 1. The molecular weight excluding hydrogens is 259 g/mol. The van der Waals surface area contributed by atoms with Gasteiger partial charge in [-0.15, -0.1) is 0 Å². The van der Waals surface area contributed by atoms with E-state index in [0.29, 0.717) is 6.42 Å². The standard InChI is InChI=1S/C13H12F3NO2/c1-3-7-4-5-9-8(6-7)10(12(18)19)11(17(9)2)13(14,15)16/h4-6H,3H2,1-2H3,(H,18,19). The monoisotopic (exact) mass is 271 g/mol. The number of aromatic nitrogens is 1. The smallest absolute Gasteiger partial charge is 0.432 e. The first-order chi connectivity index (χ1) is 8.77. The van der Waals surface area contributed by atoms with Crippen molar-refractivity contribution in [1.29, 1.82) is 0 Å². The number of carboxylic acids is 1. The summed E-state index contributed by atoms with van der Waals surface area (Å²) in [6.07, 6.45) is -4.07. The van der Waals surface area contributed by atoms with E-state index in [2.05, 4.69) is 0 Å². The van der Waals surface area contributed by atoms with Gasteiger partial charge in [0, 0.05) is 18.0 Å². The third-order valence-electron chi connectivity index (χ3n) is 3.15. The van der Waals surface area contributed by atoms with Crippen LogP contribution in [0.25, 0.3) is 10.9 Å². The molecule has 0 radical (unpaired) electrons. The summed E-state index contributed by atoms with van der Waals surface area (Å²) in [5.41, 5.74) is -0.736. The van der Waals surface area contributed by atoms with Gasteiger partial charge in [-0.05, 0) is 24.1 Å². The van der Waals surface area contributed by atoms with Gasteiger partial charge in [-0.3, -0.25) is 0 Å². The van der Waals surface area contributed by atoms with E-state index in [1.54, 1.807) is 6.07 Å². The molecule has 6 heteroatoms.